The zero-order chi connectivity index (χ0) is 13.1. The van der Waals surface area contributed by atoms with E-state index in [1.165, 1.54) is 18.2 Å². The van der Waals surface area contributed by atoms with E-state index in [1.54, 1.807) is 11.3 Å². The molecule has 1 aromatic carbocycles. The summed E-state index contributed by atoms with van der Waals surface area (Å²) in [5.74, 6) is -0.714. The van der Waals surface area contributed by atoms with E-state index in [9.17, 15) is 9.18 Å². The molecule has 1 N–H and O–H groups in total. The molecular formula is C13H11BrFNOS. The van der Waals surface area contributed by atoms with Crippen molar-refractivity contribution in [1.29, 1.82) is 0 Å². The number of carbonyl (C=O) groups excluding carboxylic acids is 1. The second-order valence-electron chi connectivity index (χ2n) is 3.83. The van der Waals surface area contributed by atoms with Gasteiger partial charge in [-0.25, -0.2) is 4.39 Å². The van der Waals surface area contributed by atoms with E-state index in [1.807, 2.05) is 24.4 Å². The molecule has 1 aromatic heterocycles. The predicted molar refractivity (Wildman–Crippen MR) is 74.3 cm³/mol. The Labute approximate surface area is 117 Å². The Morgan fingerprint density at radius 3 is 2.89 bits per heavy atom. The Kier molecular flexibility index (Phi) is 4.14. The summed E-state index contributed by atoms with van der Waals surface area (Å²) in [5.41, 5.74) is 0.304. The van der Waals surface area contributed by atoms with Crippen LogP contribution in [-0.4, -0.2) is 5.91 Å². The summed E-state index contributed by atoms with van der Waals surface area (Å²) in [5, 5.41) is 4.80. The Bertz CT molecular complexity index is 556. The molecule has 1 atom stereocenters. The van der Waals surface area contributed by atoms with Crippen LogP contribution >= 0.6 is 27.3 Å². The highest BCUT2D eigenvalue weighted by Gasteiger charge is 2.15. The minimum Gasteiger partial charge on any atom is -0.345 e. The molecule has 0 radical (unpaired) electrons. The van der Waals surface area contributed by atoms with Gasteiger partial charge in [-0.1, -0.05) is 6.07 Å². The van der Waals surface area contributed by atoms with Crippen LogP contribution in [0.1, 0.15) is 28.2 Å². The van der Waals surface area contributed by atoms with Crippen molar-refractivity contribution in [2.45, 2.75) is 13.0 Å². The Morgan fingerprint density at radius 1 is 1.44 bits per heavy atom. The lowest BCUT2D eigenvalue weighted by atomic mass is 10.2. The third kappa shape index (κ3) is 2.97. The topological polar surface area (TPSA) is 29.1 Å². The van der Waals surface area contributed by atoms with Crippen molar-refractivity contribution in [1.82, 2.24) is 5.32 Å². The van der Waals surface area contributed by atoms with E-state index in [-0.39, 0.29) is 11.9 Å². The number of thiophene rings is 1. The molecule has 2 rings (SSSR count). The third-order valence-electron chi connectivity index (χ3n) is 2.49. The Balaban J connectivity index is 2.15. The van der Waals surface area contributed by atoms with Crippen molar-refractivity contribution in [3.05, 3.63) is 56.4 Å². The number of halogens is 2. The molecule has 2 aromatic rings. The van der Waals surface area contributed by atoms with Gasteiger partial charge in [0.05, 0.1) is 11.6 Å². The average Bonchev–Trinajstić information content (AvgIpc) is 2.85. The number of carbonyl (C=O) groups is 1. The lowest BCUT2D eigenvalue weighted by molar-refractivity contribution is 0.0939. The second kappa shape index (κ2) is 5.63. The molecule has 1 amide bonds. The molecule has 94 valence electrons. The fourth-order valence-corrected chi connectivity index (χ4v) is 2.72. The number of amides is 1. The van der Waals surface area contributed by atoms with Gasteiger partial charge in [0.25, 0.3) is 5.91 Å². The molecule has 0 spiro atoms. The molecule has 5 heteroatoms. The number of benzene rings is 1. The van der Waals surface area contributed by atoms with Crippen LogP contribution in [0.3, 0.4) is 0 Å². The zero-order valence-corrected chi connectivity index (χ0v) is 12.0. The van der Waals surface area contributed by atoms with E-state index in [0.717, 1.165) is 4.88 Å². The van der Waals surface area contributed by atoms with Gasteiger partial charge in [-0.3, -0.25) is 4.79 Å². The van der Waals surface area contributed by atoms with Gasteiger partial charge in [-0.2, -0.15) is 0 Å². The van der Waals surface area contributed by atoms with Gasteiger partial charge < -0.3 is 5.32 Å². The smallest absolute Gasteiger partial charge is 0.253 e. The van der Waals surface area contributed by atoms with Crippen molar-refractivity contribution in [3.8, 4) is 0 Å². The number of rotatable bonds is 3. The van der Waals surface area contributed by atoms with Gasteiger partial charge in [0, 0.05) is 9.35 Å². The first-order valence-corrected chi connectivity index (χ1v) is 7.04. The van der Waals surface area contributed by atoms with Gasteiger partial charge in [0.15, 0.2) is 0 Å². The van der Waals surface area contributed by atoms with Crippen molar-refractivity contribution in [2.75, 3.05) is 0 Å². The van der Waals surface area contributed by atoms with Gasteiger partial charge in [0.1, 0.15) is 5.82 Å². The van der Waals surface area contributed by atoms with Crippen molar-refractivity contribution >= 4 is 33.2 Å². The summed E-state index contributed by atoms with van der Waals surface area (Å²) in [4.78, 5) is 13.1. The minimum atomic E-state index is -0.424. The first kappa shape index (κ1) is 13.2. The SMILES string of the molecule is CC(NC(=O)c1cc(F)ccc1Br)c1cccs1. The lowest BCUT2D eigenvalue weighted by Crippen LogP contribution is -2.26. The molecule has 1 heterocycles. The monoisotopic (exact) mass is 327 g/mol. The second-order valence-corrected chi connectivity index (χ2v) is 5.67. The molecule has 1 unspecified atom stereocenters. The zero-order valence-electron chi connectivity index (χ0n) is 9.61. The molecule has 2 nitrogen and oxygen atoms in total. The van der Waals surface area contributed by atoms with E-state index in [0.29, 0.717) is 10.0 Å². The van der Waals surface area contributed by atoms with Crippen molar-refractivity contribution in [3.63, 3.8) is 0 Å². The molecule has 0 saturated heterocycles. The molecule has 0 aliphatic carbocycles. The van der Waals surface area contributed by atoms with Gasteiger partial charge in [-0.15, -0.1) is 11.3 Å². The van der Waals surface area contributed by atoms with Crippen LogP contribution in [0.5, 0.6) is 0 Å². The first-order valence-electron chi connectivity index (χ1n) is 5.37. The summed E-state index contributed by atoms with van der Waals surface area (Å²) >= 11 is 4.82. The Hall–Kier alpha value is -1.20. The largest absolute Gasteiger partial charge is 0.345 e. The van der Waals surface area contributed by atoms with E-state index in [4.69, 9.17) is 0 Å². The number of hydrogen-bond donors (Lipinski definition) is 1. The summed E-state index contributed by atoms with van der Waals surface area (Å²) in [6, 6.07) is 7.86. The lowest BCUT2D eigenvalue weighted by Gasteiger charge is -2.13. The van der Waals surface area contributed by atoms with Gasteiger partial charge in [-0.05, 0) is 52.5 Å². The standard InChI is InChI=1S/C13H11BrFNOS/c1-8(12-3-2-6-18-12)16-13(17)10-7-9(15)4-5-11(10)14/h2-8H,1H3,(H,16,17). The van der Waals surface area contributed by atoms with E-state index >= 15 is 0 Å². The maximum Gasteiger partial charge on any atom is 0.253 e. The fourth-order valence-electron chi connectivity index (χ4n) is 1.55. The quantitative estimate of drug-likeness (QED) is 0.901. The fraction of sp³-hybridized carbons (Fsp3) is 0.154. The molecule has 0 saturated carbocycles. The van der Waals surface area contributed by atoms with Crippen LogP contribution < -0.4 is 5.32 Å². The van der Waals surface area contributed by atoms with Crippen molar-refractivity contribution < 1.29 is 9.18 Å². The molecule has 0 aliphatic rings. The maximum atomic E-state index is 13.1. The summed E-state index contributed by atoms with van der Waals surface area (Å²) in [6.07, 6.45) is 0. The van der Waals surface area contributed by atoms with E-state index < -0.39 is 5.82 Å². The highest BCUT2D eigenvalue weighted by atomic mass is 79.9. The Morgan fingerprint density at radius 2 is 2.22 bits per heavy atom. The van der Waals surface area contributed by atoms with E-state index in [2.05, 4.69) is 21.2 Å². The van der Waals surface area contributed by atoms with Crippen molar-refractivity contribution in [2.24, 2.45) is 0 Å². The van der Waals surface area contributed by atoms with Crippen LogP contribution in [-0.2, 0) is 0 Å². The van der Waals surface area contributed by atoms with Crippen LogP contribution in [0.2, 0.25) is 0 Å². The minimum absolute atomic E-state index is 0.0901. The van der Waals surface area contributed by atoms with Crippen LogP contribution in [0.25, 0.3) is 0 Å². The summed E-state index contributed by atoms with van der Waals surface area (Å²) in [7, 11) is 0. The average molecular weight is 328 g/mol. The molecular weight excluding hydrogens is 317 g/mol. The first-order chi connectivity index (χ1) is 8.58. The predicted octanol–water partition coefficient (Wildman–Crippen LogP) is 4.14. The van der Waals surface area contributed by atoms with Gasteiger partial charge >= 0.3 is 0 Å². The van der Waals surface area contributed by atoms with Gasteiger partial charge in [0.2, 0.25) is 0 Å². The number of nitrogens with one attached hydrogen (secondary N) is 1. The summed E-state index contributed by atoms with van der Waals surface area (Å²) in [6.45, 7) is 1.90. The normalized spacial score (nSPS) is 12.2. The summed E-state index contributed by atoms with van der Waals surface area (Å²) < 4.78 is 13.7. The molecule has 0 bridgehead atoms. The van der Waals surface area contributed by atoms with Crippen LogP contribution in [0.15, 0.2) is 40.2 Å². The molecule has 0 fully saturated rings. The third-order valence-corrected chi connectivity index (χ3v) is 4.24. The molecule has 18 heavy (non-hydrogen) atoms. The highest BCUT2D eigenvalue weighted by molar-refractivity contribution is 9.10. The molecule has 0 aliphatic heterocycles. The van der Waals surface area contributed by atoms with Crippen LogP contribution in [0.4, 0.5) is 4.39 Å². The van der Waals surface area contributed by atoms with Crippen LogP contribution in [0, 0.1) is 5.82 Å². The highest BCUT2D eigenvalue weighted by Crippen LogP contribution is 2.21. The number of hydrogen-bond acceptors (Lipinski definition) is 2. The maximum absolute atomic E-state index is 13.1.